The third-order valence-electron chi connectivity index (χ3n) is 5.47. The second kappa shape index (κ2) is 7.40. The summed E-state index contributed by atoms with van der Waals surface area (Å²) in [7, 11) is 0. The van der Waals surface area contributed by atoms with E-state index in [-0.39, 0.29) is 5.92 Å². The van der Waals surface area contributed by atoms with Crippen LogP contribution in [-0.4, -0.2) is 17.9 Å². The second-order valence-electron chi connectivity index (χ2n) is 7.32. The van der Waals surface area contributed by atoms with Gasteiger partial charge >= 0.3 is 0 Å². The molecule has 3 heteroatoms. The van der Waals surface area contributed by atoms with E-state index in [1.807, 2.05) is 54.6 Å². The van der Waals surface area contributed by atoms with E-state index in [1.54, 1.807) is 0 Å². The first kappa shape index (κ1) is 16.3. The average molecular weight is 335 g/mol. The van der Waals surface area contributed by atoms with Gasteiger partial charge in [-0.1, -0.05) is 36.8 Å². The Morgan fingerprint density at radius 1 is 0.960 bits per heavy atom. The summed E-state index contributed by atoms with van der Waals surface area (Å²) in [6, 6.07) is 18.8. The predicted molar refractivity (Wildman–Crippen MR) is 98.8 cm³/mol. The fourth-order valence-electron chi connectivity index (χ4n) is 4.17. The zero-order valence-corrected chi connectivity index (χ0v) is 14.5. The van der Waals surface area contributed by atoms with Crippen LogP contribution >= 0.6 is 0 Å². The summed E-state index contributed by atoms with van der Waals surface area (Å²) in [5, 5.41) is 3.66. The Morgan fingerprint density at radius 2 is 1.64 bits per heavy atom. The molecular formula is C22H25NO2. The number of Topliss-reactive ketones (excluding diaryl/α,β-unsaturated/α-hetero) is 1. The summed E-state index contributed by atoms with van der Waals surface area (Å²) in [6.07, 6.45) is 5.71. The number of hydrogen-bond donors (Lipinski definition) is 1. The molecule has 0 amide bonds. The Morgan fingerprint density at radius 3 is 2.32 bits per heavy atom. The van der Waals surface area contributed by atoms with E-state index in [1.165, 1.54) is 19.3 Å². The van der Waals surface area contributed by atoms with E-state index < -0.39 is 0 Å². The molecule has 1 N–H and O–H groups in total. The molecule has 2 aliphatic rings. The lowest BCUT2D eigenvalue weighted by atomic mass is 9.77. The summed E-state index contributed by atoms with van der Waals surface area (Å²) in [5.74, 6) is 1.28. The standard InChI is InChI=1S/C22H25NO2/c24-22(18-13-19-7-4-8-20(14-18)23-19)17-9-11-21(12-10-17)25-15-16-5-2-1-3-6-16/h1-3,5-6,9-12,18-20,23H,4,7-8,13-15H2. The van der Waals surface area contributed by atoms with E-state index in [9.17, 15) is 4.79 Å². The molecule has 0 spiro atoms. The van der Waals surface area contributed by atoms with Crippen molar-refractivity contribution in [2.75, 3.05) is 0 Å². The number of ether oxygens (including phenoxy) is 1. The minimum atomic E-state index is 0.174. The Labute approximate surface area is 149 Å². The van der Waals surface area contributed by atoms with Crippen LogP contribution in [0.3, 0.4) is 0 Å². The summed E-state index contributed by atoms with van der Waals surface area (Å²) < 4.78 is 5.81. The predicted octanol–water partition coefficient (Wildman–Crippen LogP) is 4.37. The van der Waals surface area contributed by atoms with Gasteiger partial charge in [0.25, 0.3) is 0 Å². The van der Waals surface area contributed by atoms with Gasteiger partial charge in [0, 0.05) is 23.6 Å². The number of carbonyl (C=O) groups excluding carboxylic acids is 1. The van der Waals surface area contributed by atoms with Crippen LogP contribution in [0, 0.1) is 5.92 Å². The Bertz CT molecular complexity index is 699. The SMILES string of the molecule is O=C(c1ccc(OCc2ccccc2)cc1)C1CC2CCCC(C1)N2. The number of benzene rings is 2. The van der Waals surface area contributed by atoms with E-state index in [2.05, 4.69) is 5.32 Å². The van der Waals surface area contributed by atoms with Crippen LogP contribution in [0.2, 0.25) is 0 Å². The molecule has 0 radical (unpaired) electrons. The van der Waals surface area contributed by atoms with Gasteiger partial charge in [-0.3, -0.25) is 4.79 Å². The molecule has 3 nitrogen and oxygen atoms in total. The first-order valence-electron chi connectivity index (χ1n) is 9.35. The first-order chi connectivity index (χ1) is 12.3. The van der Waals surface area contributed by atoms with Crippen LogP contribution in [0.5, 0.6) is 5.75 Å². The maximum Gasteiger partial charge on any atom is 0.166 e. The molecule has 2 atom stereocenters. The van der Waals surface area contributed by atoms with E-state index >= 15 is 0 Å². The fraction of sp³-hybridized carbons (Fsp3) is 0.409. The van der Waals surface area contributed by atoms with Crippen LogP contribution in [0.15, 0.2) is 54.6 Å². The van der Waals surface area contributed by atoms with Gasteiger partial charge in [-0.15, -0.1) is 0 Å². The van der Waals surface area contributed by atoms with Crippen molar-refractivity contribution in [2.24, 2.45) is 5.92 Å². The molecule has 130 valence electrons. The maximum atomic E-state index is 12.9. The van der Waals surface area contributed by atoms with Crippen molar-refractivity contribution in [3.63, 3.8) is 0 Å². The quantitative estimate of drug-likeness (QED) is 0.825. The van der Waals surface area contributed by atoms with Gasteiger partial charge in [-0.05, 0) is 55.5 Å². The molecule has 2 fully saturated rings. The molecule has 0 aromatic heterocycles. The van der Waals surface area contributed by atoms with Crippen molar-refractivity contribution >= 4 is 5.78 Å². The highest BCUT2D eigenvalue weighted by Gasteiger charge is 2.34. The largest absolute Gasteiger partial charge is 0.489 e. The highest BCUT2D eigenvalue weighted by molar-refractivity contribution is 5.98. The van der Waals surface area contributed by atoms with E-state index in [0.29, 0.717) is 24.5 Å². The number of piperidine rings is 2. The molecule has 4 rings (SSSR count). The first-order valence-corrected chi connectivity index (χ1v) is 9.35. The lowest BCUT2D eigenvalue weighted by molar-refractivity contribution is 0.0825. The summed E-state index contributed by atoms with van der Waals surface area (Å²) in [5.41, 5.74) is 1.96. The van der Waals surface area contributed by atoms with Gasteiger partial charge in [-0.2, -0.15) is 0 Å². The zero-order valence-electron chi connectivity index (χ0n) is 14.5. The topological polar surface area (TPSA) is 38.3 Å². The average Bonchev–Trinajstić information content (AvgIpc) is 2.67. The lowest BCUT2D eigenvalue weighted by Crippen LogP contribution is -2.50. The molecular weight excluding hydrogens is 310 g/mol. The Balaban J connectivity index is 1.37. The van der Waals surface area contributed by atoms with E-state index in [0.717, 1.165) is 29.7 Å². The smallest absolute Gasteiger partial charge is 0.166 e. The number of hydrogen-bond acceptors (Lipinski definition) is 3. The van der Waals surface area contributed by atoms with Gasteiger partial charge in [0.15, 0.2) is 5.78 Å². The zero-order chi connectivity index (χ0) is 17.1. The van der Waals surface area contributed by atoms with Crippen molar-refractivity contribution < 1.29 is 9.53 Å². The van der Waals surface area contributed by atoms with Crippen molar-refractivity contribution in [2.45, 2.75) is 50.8 Å². The third kappa shape index (κ3) is 3.93. The summed E-state index contributed by atoms with van der Waals surface area (Å²) >= 11 is 0. The fourth-order valence-corrected chi connectivity index (χ4v) is 4.17. The number of ketones is 1. The van der Waals surface area contributed by atoms with Crippen molar-refractivity contribution in [3.05, 3.63) is 65.7 Å². The van der Waals surface area contributed by atoms with Crippen LogP contribution in [0.25, 0.3) is 0 Å². The lowest BCUT2D eigenvalue weighted by Gasteiger charge is -2.39. The number of carbonyl (C=O) groups is 1. The molecule has 2 aromatic rings. The van der Waals surface area contributed by atoms with Gasteiger partial charge in [0.2, 0.25) is 0 Å². The number of rotatable bonds is 5. The Kier molecular flexibility index (Phi) is 4.84. The molecule has 2 bridgehead atoms. The van der Waals surface area contributed by atoms with Gasteiger partial charge in [-0.25, -0.2) is 0 Å². The number of nitrogens with one attached hydrogen (secondary N) is 1. The highest BCUT2D eigenvalue weighted by atomic mass is 16.5. The molecule has 2 heterocycles. The molecule has 2 aliphatic heterocycles. The van der Waals surface area contributed by atoms with Gasteiger partial charge < -0.3 is 10.1 Å². The summed E-state index contributed by atoms with van der Waals surface area (Å²) in [4.78, 5) is 12.9. The minimum absolute atomic E-state index is 0.174. The number of fused-ring (bicyclic) bond motifs is 2. The van der Waals surface area contributed by atoms with Crippen molar-refractivity contribution in [1.82, 2.24) is 5.32 Å². The monoisotopic (exact) mass is 335 g/mol. The van der Waals surface area contributed by atoms with Crippen molar-refractivity contribution in [1.29, 1.82) is 0 Å². The van der Waals surface area contributed by atoms with E-state index in [4.69, 9.17) is 4.74 Å². The van der Waals surface area contributed by atoms with Crippen LogP contribution in [0.1, 0.15) is 48.0 Å². The van der Waals surface area contributed by atoms with Crippen LogP contribution < -0.4 is 10.1 Å². The molecule has 0 aliphatic carbocycles. The molecule has 2 aromatic carbocycles. The second-order valence-corrected chi connectivity index (χ2v) is 7.32. The normalized spacial score (nSPS) is 25.4. The van der Waals surface area contributed by atoms with Crippen LogP contribution in [0.4, 0.5) is 0 Å². The Hall–Kier alpha value is -2.13. The summed E-state index contributed by atoms with van der Waals surface area (Å²) in [6.45, 7) is 0.547. The van der Waals surface area contributed by atoms with Gasteiger partial charge in [0.1, 0.15) is 12.4 Å². The highest BCUT2D eigenvalue weighted by Crippen LogP contribution is 2.32. The van der Waals surface area contributed by atoms with Crippen LogP contribution in [-0.2, 0) is 6.61 Å². The molecule has 2 saturated heterocycles. The molecule has 0 saturated carbocycles. The molecule has 2 unspecified atom stereocenters. The minimum Gasteiger partial charge on any atom is -0.489 e. The maximum absolute atomic E-state index is 12.9. The van der Waals surface area contributed by atoms with Gasteiger partial charge in [0.05, 0.1) is 0 Å². The molecule has 25 heavy (non-hydrogen) atoms. The van der Waals surface area contributed by atoms with Crippen molar-refractivity contribution in [3.8, 4) is 5.75 Å². The third-order valence-corrected chi connectivity index (χ3v) is 5.47.